The Morgan fingerprint density at radius 2 is 1.97 bits per heavy atom. The van der Waals surface area contributed by atoms with E-state index in [1.54, 1.807) is 0 Å². The van der Waals surface area contributed by atoms with Gasteiger partial charge in [-0.3, -0.25) is 5.10 Å². The van der Waals surface area contributed by atoms with Crippen LogP contribution < -0.4 is 10.6 Å². The summed E-state index contributed by atoms with van der Waals surface area (Å²) in [4.78, 5) is 12.4. The minimum Gasteiger partial charge on any atom is -0.361 e. The standard InChI is InChI=1S/C24H29N7/c1-3-18-8-6-10-21-20(15-27-22(18)21)11-12-26-24(25-4-2)28-14-17-7-5-9-19(13-17)23-29-16-30-31-23/h5-10,13,15-16,27H,3-4,11-12,14H2,1-2H3,(H2,25,26,28)(H,29,30,31). The fourth-order valence-corrected chi connectivity index (χ4v) is 3.77. The van der Waals surface area contributed by atoms with E-state index in [4.69, 9.17) is 4.99 Å². The molecule has 4 rings (SSSR count). The number of aromatic amines is 2. The number of nitrogens with zero attached hydrogens (tertiary/aromatic N) is 3. The zero-order chi connectivity index (χ0) is 21.5. The number of hydrogen-bond acceptors (Lipinski definition) is 3. The Morgan fingerprint density at radius 3 is 2.77 bits per heavy atom. The average molecular weight is 416 g/mol. The largest absolute Gasteiger partial charge is 0.361 e. The van der Waals surface area contributed by atoms with Gasteiger partial charge in [-0.25, -0.2) is 9.98 Å². The molecule has 2 heterocycles. The number of H-pyrrole nitrogens is 2. The highest BCUT2D eigenvalue weighted by Gasteiger charge is 2.07. The second-order valence-corrected chi connectivity index (χ2v) is 7.41. The Morgan fingerprint density at radius 1 is 1.06 bits per heavy atom. The first-order valence-corrected chi connectivity index (χ1v) is 10.8. The van der Waals surface area contributed by atoms with Crippen LogP contribution in [-0.4, -0.2) is 39.2 Å². The van der Waals surface area contributed by atoms with E-state index >= 15 is 0 Å². The number of rotatable bonds is 8. The van der Waals surface area contributed by atoms with Gasteiger partial charge < -0.3 is 15.6 Å². The van der Waals surface area contributed by atoms with Gasteiger partial charge in [0.25, 0.3) is 0 Å². The Labute approximate surface area is 182 Å². The fraction of sp³-hybridized carbons (Fsp3) is 0.292. The molecule has 0 spiro atoms. The second kappa shape index (κ2) is 9.93. The maximum atomic E-state index is 4.76. The van der Waals surface area contributed by atoms with Crippen LogP contribution in [0.1, 0.15) is 30.5 Å². The first-order valence-electron chi connectivity index (χ1n) is 10.8. The van der Waals surface area contributed by atoms with Gasteiger partial charge in [-0.1, -0.05) is 43.3 Å². The van der Waals surface area contributed by atoms with Crippen LogP contribution in [0.4, 0.5) is 0 Å². The summed E-state index contributed by atoms with van der Waals surface area (Å²) < 4.78 is 0. The highest BCUT2D eigenvalue weighted by atomic mass is 15.2. The van der Waals surface area contributed by atoms with Gasteiger partial charge in [-0.05, 0) is 42.5 Å². The maximum absolute atomic E-state index is 4.76. The molecule has 4 N–H and O–H groups in total. The molecule has 0 radical (unpaired) electrons. The van der Waals surface area contributed by atoms with E-state index in [2.05, 4.69) is 81.2 Å². The molecule has 0 saturated heterocycles. The number of aromatic nitrogens is 4. The molecular weight excluding hydrogens is 386 g/mol. The number of guanidine groups is 1. The second-order valence-electron chi connectivity index (χ2n) is 7.41. The Bertz CT molecular complexity index is 1140. The van der Waals surface area contributed by atoms with Crippen molar-refractivity contribution in [2.45, 2.75) is 33.2 Å². The van der Waals surface area contributed by atoms with E-state index in [9.17, 15) is 0 Å². The summed E-state index contributed by atoms with van der Waals surface area (Å²) in [6.45, 7) is 6.49. The van der Waals surface area contributed by atoms with Crippen LogP contribution in [0.5, 0.6) is 0 Å². The van der Waals surface area contributed by atoms with E-state index in [-0.39, 0.29) is 0 Å². The lowest BCUT2D eigenvalue weighted by Crippen LogP contribution is -2.38. The predicted molar refractivity (Wildman–Crippen MR) is 126 cm³/mol. The average Bonchev–Trinajstić information content (AvgIpc) is 3.48. The fourth-order valence-electron chi connectivity index (χ4n) is 3.77. The van der Waals surface area contributed by atoms with E-state index in [1.165, 1.54) is 28.4 Å². The van der Waals surface area contributed by atoms with E-state index in [0.29, 0.717) is 6.54 Å². The lowest BCUT2D eigenvalue weighted by Gasteiger charge is -2.11. The molecule has 0 fully saturated rings. The molecule has 7 nitrogen and oxygen atoms in total. The lowest BCUT2D eigenvalue weighted by molar-refractivity contribution is 0.801. The summed E-state index contributed by atoms with van der Waals surface area (Å²) in [6, 6.07) is 14.7. The maximum Gasteiger partial charge on any atom is 0.191 e. The van der Waals surface area contributed by atoms with Crippen LogP contribution in [0.25, 0.3) is 22.3 Å². The van der Waals surface area contributed by atoms with Gasteiger partial charge in [-0.15, -0.1) is 0 Å². The molecule has 0 bridgehead atoms. The number of aliphatic imine (C=N–C) groups is 1. The molecule has 0 aliphatic carbocycles. The normalized spacial score (nSPS) is 11.7. The van der Waals surface area contributed by atoms with Crippen LogP contribution in [0.3, 0.4) is 0 Å². The van der Waals surface area contributed by atoms with Crippen molar-refractivity contribution in [2.24, 2.45) is 4.99 Å². The Hall–Kier alpha value is -3.61. The Balaban J connectivity index is 1.39. The van der Waals surface area contributed by atoms with Crippen molar-refractivity contribution in [3.05, 3.63) is 71.7 Å². The third kappa shape index (κ3) is 4.94. The molecule has 0 atom stereocenters. The number of hydrogen-bond donors (Lipinski definition) is 4. The van der Waals surface area contributed by atoms with Crippen molar-refractivity contribution in [1.29, 1.82) is 0 Å². The van der Waals surface area contributed by atoms with Gasteiger partial charge in [0.05, 0.1) is 6.54 Å². The smallest absolute Gasteiger partial charge is 0.191 e. The molecule has 7 heteroatoms. The summed E-state index contributed by atoms with van der Waals surface area (Å²) in [5, 5.41) is 14.9. The summed E-state index contributed by atoms with van der Waals surface area (Å²) in [5.41, 5.74) is 6.07. The predicted octanol–water partition coefficient (Wildman–Crippen LogP) is 3.81. The molecule has 4 aromatic rings. The molecule has 0 aliphatic heterocycles. The van der Waals surface area contributed by atoms with Gasteiger partial charge in [0.2, 0.25) is 0 Å². The zero-order valence-corrected chi connectivity index (χ0v) is 18.1. The van der Waals surface area contributed by atoms with Gasteiger partial charge in [0.1, 0.15) is 6.33 Å². The van der Waals surface area contributed by atoms with Crippen LogP contribution in [0.15, 0.2) is 60.0 Å². The molecule has 2 aromatic carbocycles. The third-order valence-electron chi connectivity index (χ3n) is 5.33. The highest BCUT2D eigenvalue weighted by Crippen LogP contribution is 2.22. The highest BCUT2D eigenvalue weighted by molar-refractivity contribution is 5.86. The number of nitrogens with one attached hydrogen (secondary N) is 4. The van der Waals surface area contributed by atoms with Gasteiger partial charge in [0, 0.05) is 35.8 Å². The monoisotopic (exact) mass is 415 g/mol. The van der Waals surface area contributed by atoms with Crippen molar-refractivity contribution in [1.82, 2.24) is 30.8 Å². The minimum atomic E-state index is 0.588. The molecule has 0 unspecified atom stereocenters. The van der Waals surface area contributed by atoms with Crippen LogP contribution in [0.2, 0.25) is 0 Å². The van der Waals surface area contributed by atoms with Crippen molar-refractivity contribution < 1.29 is 0 Å². The van der Waals surface area contributed by atoms with E-state index in [0.717, 1.165) is 48.8 Å². The molecule has 0 amide bonds. The zero-order valence-electron chi connectivity index (χ0n) is 18.1. The van der Waals surface area contributed by atoms with Crippen molar-refractivity contribution in [3.8, 4) is 11.4 Å². The van der Waals surface area contributed by atoms with Crippen LogP contribution in [0, 0.1) is 0 Å². The van der Waals surface area contributed by atoms with Crippen molar-refractivity contribution in [2.75, 3.05) is 13.1 Å². The summed E-state index contributed by atoms with van der Waals surface area (Å²) in [5.74, 6) is 1.59. The third-order valence-corrected chi connectivity index (χ3v) is 5.33. The SMILES string of the molecule is CCNC(=NCc1cccc(-c2ncn[nH]2)c1)NCCc1c[nH]c2c(CC)cccc12. The van der Waals surface area contributed by atoms with Gasteiger partial charge in [0.15, 0.2) is 11.8 Å². The van der Waals surface area contributed by atoms with Crippen molar-refractivity contribution >= 4 is 16.9 Å². The van der Waals surface area contributed by atoms with Crippen molar-refractivity contribution in [3.63, 3.8) is 0 Å². The van der Waals surface area contributed by atoms with Gasteiger partial charge >= 0.3 is 0 Å². The topological polar surface area (TPSA) is 93.8 Å². The number of aryl methyl sites for hydroxylation is 1. The number of fused-ring (bicyclic) bond motifs is 1. The molecule has 2 aromatic heterocycles. The summed E-state index contributed by atoms with van der Waals surface area (Å²) >= 11 is 0. The minimum absolute atomic E-state index is 0.588. The molecule has 0 aliphatic rings. The summed E-state index contributed by atoms with van der Waals surface area (Å²) in [7, 11) is 0. The van der Waals surface area contributed by atoms with Crippen LogP contribution >= 0.6 is 0 Å². The van der Waals surface area contributed by atoms with E-state index < -0.39 is 0 Å². The lowest BCUT2D eigenvalue weighted by atomic mass is 10.1. The first-order chi connectivity index (χ1) is 15.3. The van der Waals surface area contributed by atoms with E-state index in [1.807, 2.05) is 12.1 Å². The first kappa shape index (κ1) is 20.7. The van der Waals surface area contributed by atoms with Crippen LogP contribution in [-0.2, 0) is 19.4 Å². The molecule has 0 saturated carbocycles. The molecule has 160 valence electrons. The number of para-hydroxylation sites is 1. The number of benzene rings is 2. The quantitative estimate of drug-likeness (QED) is 0.260. The Kier molecular flexibility index (Phi) is 6.62. The molecule has 31 heavy (non-hydrogen) atoms. The molecular formula is C24H29N7. The summed E-state index contributed by atoms with van der Waals surface area (Å²) in [6.07, 6.45) is 5.61. The van der Waals surface area contributed by atoms with Gasteiger partial charge in [-0.2, -0.15) is 5.10 Å².